The maximum absolute atomic E-state index is 6.29. The lowest BCUT2D eigenvalue weighted by atomic mass is 9.75. The molecule has 2 aliphatic rings. The van der Waals surface area contributed by atoms with Crippen molar-refractivity contribution < 1.29 is 9.16 Å². The quantitative estimate of drug-likeness (QED) is 0.564. The van der Waals surface area contributed by atoms with Crippen LogP contribution >= 0.6 is 0 Å². The van der Waals surface area contributed by atoms with E-state index in [1.54, 1.807) is 0 Å². The fourth-order valence-electron chi connectivity index (χ4n) is 3.81. The zero-order valence-electron chi connectivity index (χ0n) is 12.2. The summed E-state index contributed by atoms with van der Waals surface area (Å²) in [7, 11) is 0.781. The summed E-state index contributed by atoms with van der Waals surface area (Å²) >= 11 is 0. The summed E-state index contributed by atoms with van der Waals surface area (Å²) in [5, 5.41) is 0. The zero-order valence-corrected chi connectivity index (χ0v) is 14.2. The van der Waals surface area contributed by atoms with E-state index in [0.29, 0.717) is 6.10 Å². The van der Waals surface area contributed by atoms with E-state index in [1.165, 1.54) is 64.2 Å². The van der Waals surface area contributed by atoms with Crippen LogP contribution in [0.3, 0.4) is 0 Å². The minimum absolute atomic E-state index is 0.0190. The van der Waals surface area contributed by atoms with Gasteiger partial charge >= 0.3 is 0 Å². The van der Waals surface area contributed by atoms with Crippen LogP contribution in [0.2, 0.25) is 0 Å². The lowest BCUT2D eigenvalue weighted by Crippen LogP contribution is -2.37. The summed E-state index contributed by atoms with van der Waals surface area (Å²) in [5.41, 5.74) is 0. The molecule has 2 aliphatic carbocycles. The second kappa shape index (κ2) is 7.66. The number of hydrogen-bond acceptors (Lipinski definition) is 2. The molecule has 2 nitrogen and oxygen atoms in total. The van der Waals surface area contributed by atoms with Crippen LogP contribution in [0.1, 0.15) is 71.1 Å². The van der Waals surface area contributed by atoms with E-state index >= 15 is 0 Å². The maximum atomic E-state index is 6.29. The Bertz CT molecular complexity index is 205. The molecule has 0 saturated heterocycles. The molecule has 0 aromatic heterocycles. The first-order valence-corrected chi connectivity index (χ1v) is 8.81. The molecule has 0 radical (unpaired) electrons. The van der Waals surface area contributed by atoms with Gasteiger partial charge in [-0.05, 0) is 44.4 Å². The van der Waals surface area contributed by atoms with Gasteiger partial charge in [0.1, 0.15) is 16.8 Å². The summed E-state index contributed by atoms with van der Waals surface area (Å²) in [5.74, 6) is 1.61. The van der Waals surface area contributed by atoms with Gasteiger partial charge in [0.15, 0.2) is 0 Å². The monoisotopic (exact) mass is 270 g/mol. The fraction of sp³-hybridized carbons (Fsp3) is 1.00. The van der Waals surface area contributed by atoms with Gasteiger partial charge in [0, 0.05) is 0 Å². The summed E-state index contributed by atoms with van der Waals surface area (Å²) in [6.45, 7) is 2.08. The fourth-order valence-corrected chi connectivity index (χ4v) is 3.92. The van der Waals surface area contributed by atoms with Gasteiger partial charge in [-0.2, -0.15) is 0 Å². The van der Waals surface area contributed by atoms with Crippen molar-refractivity contribution in [3.8, 4) is 0 Å². The molecule has 2 fully saturated rings. The Hall–Kier alpha value is 0.137. The van der Waals surface area contributed by atoms with Gasteiger partial charge in [-0.1, -0.05) is 38.5 Å². The molecule has 0 N–H and O–H groups in total. The Morgan fingerprint density at radius 3 is 1.67 bits per heavy atom. The van der Waals surface area contributed by atoms with Crippen LogP contribution < -0.4 is 0 Å². The summed E-state index contributed by atoms with van der Waals surface area (Å²) in [6.07, 6.45) is 14.5. The highest BCUT2D eigenvalue weighted by molar-refractivity contribution is 5.98. The Morgan fingerprint density at radius 2 is 1.28 bits per heavy atom. The van der Waals surface area contributed by atoms with Crippen molar-refractivity contribution in [1.82, 2.24) is 0 Å². The average molecular weight is 270 g/mol. The normalized spacial score (nSPS) is 25.7. The highest BCUT2D eigenvalue weighted by Gasteiger charge is 2.33. The van der Waals surface area contributed by atoms with Crippen LogP contribution in [0.5, 0.6) is 0 Å². The first-order chi connectivity index (χ1) is 8.81. The molecule has 0 aliphatic heterocycles. The van der Waals surface area contributed by atoms with Crippen LogP contribution in [0.4, 0.5) is 0 Å². The molecule has 0 aromatic rings. The molecule has 2 saturated carbocycles. The summed E-state index contributed by atoms with van der Waals surface area (Å²) in [4.78, 5) is 0. The van der Waals surface area contributed by atoms with Crippen LogP contribution in [-0.4, -0.2) is 22.9 Å². The largest absolute Gasteiger partial charge is 0.404 e. The first kappa shape index (κ1) is 14.5. The van der Waals surface area contributed by atoms with Crippen molar-refractivity contribution in [2.24, 2.45) is 11.8 Å². The topological polar surface area (TPSA) is 18.5 Å². The molecule has 1 unspecified atom stereocenters. The molecule has 0 aromatic carbocycles. The predicted molar refractivity (Wildman–Crippen MR) is 78.5 cm³/mol. The van der Waals surface area contributed by atoms with Crippen LogP contribution in [0.25, 0.3) is 0 Å². The third kappa shape index (κ3) is 4.07. The van der Waals surface area contributed by atoms with E-state index in [4.69, 9.17) is 9.16 Å². The Balaban J connectivity index is 1.95. The molecule has 18 heavy (non-hydrogen) atoms. The van der Waals surface area contributed by atoms with Crippen molar-refractivity contribution in [3.63, 3.8) is 0 Å². The Labute approximate surface area is 115 Å². The molecule has 0 heterocycles. The van der Waals surface area contributed by atoms with Crippen molar-refractivity contribution in [2.75, 3.05) is 0 Å². The zero-order chi connectivity index (χ0) is 12.8. The number of rotatable bonds is 5. The van der Waals surface area contributed by atoms with Gasteiger partial charge < -0.3 is 9.16 Å². The maximum Gasteiger partial charge on any atom is 0.149 e. The molecule has 106 valence electrons. The van der Waals surface area contributed by atoms with Crippen LogP contribution in [0.15, 0.2) is 0 Å². The third-order valence-corrected chi connectivity index (χ3v) is 5.57. The summed E-state index contributed by atoms with van der Waals surface area (Å²) in [6, 6.07) is 0. The van der Waals surface area contributed by atoms with Crippen molar-refractivity contribution in [3.05, 3.63) is 0 Å². The van der Waals surface area contributed by atoms with E-state index in [-0.39, 0.29) is 6.29 Å². The third-order valence-electron chi connectivity index (χ3n) is 4.91. The van der Waals surface area contributed by atoms with Crippen LogP contribution in [0, 0.1) is 11.8 Å². The Morgan fingerprint density at radius 1 is 0.833 bits per heavy atom. The van der Waals surface area contributed by atoms with E-state index in [0.717, 1.165) is 22.3 Å². The minimum Gasteiger partial charge on any atom is -0.404 e. The molecule has 3 heteroatoms. The van der Waals surface area contributed by atoms with Crippen molar-refractivity contribution >= 4 is 10.5 Å². The van der Waals surface area contributed by atoms with Gasteiger partial charge in [0.05, 0.1) is 6.10 Å². The van der Waals surface area contributed by atoms with E-state index in [2.05, 4.69) is 6.92 Å². The standard InChI is InChI=1S/C15H30O2Si/c1-12(17-18)16-15(13-8-4-2-5-9-13)14-10-6-3-7-11-14/h12-15H,2-11H2,1,18H3. The van der Waals surface area contributed by atoms with E-state index < -0.39 is 0 Å². The van der Waals surface area contributed by atoms with E-state index in [1.807, 2.05) is 0 Å². The summed E-state index contributed by atoms with van der Waals surface area (Å²) < 4.78 is 11.8. The lowest BCUT2D eigenvalue weighted by Gasteiger charge is -2.38. The predicted octanol–water partition coefficient (Wildman–Crippen LogP) is 3.18. The van der Waals surface area contributed by atoms with Gasteiger partial charge in [0.25, 0.3) is 0 Å². The number of hydrogen-bond donors (Lipinski definition) is 0. The van der Waals surface area contributed by atoms with Crippen LogP contribution in [-0.2, 0) is 9.16 Å². The Kier molecular flexibility index (Phi) is 6.19. The van der Waals surface area contributed by atoms with Gasteiger partial charge in [0.2, 0.25) is 0 Å². The lowest BCUT2D eigenvalue weighted by molar-refractivity contribution is -0.151. The van der Waals surface area contributed by atoms with Gasteiger partial charge in [-0.15, -0.1) is 0 Å². The highest BCUT2D eigenvalue weighted by Crippen LogP contribution is 2.37. The SMILES string of the molecule is CC(O[SiH3])OC(C1CCCCC1)C1CCCCC1. The molecule has 2 rings (SSSR count). The highest BCUT2D eigenvalue weighted by atomic mass is 28.2. The average Bonchev–Trinajstić information content (AvgIpc) is 2.46. The second-order valence-electron chi connectivity index (χ2n) is 6.20. The van der Waals surface area contributed by atoms with E-state index in [9.17, 15) is 0 Å². The molecule has 0 bridgehead atoms. The molecule has 0 spiro atoms. The minimum atomic E-state index is 0.0190. The van der Waals surface area contributed by atoms with Crippen molar-refractivity contribution in [1.29, 1.82) is 0 Å². The number of ether oxygens (including phenoxy) is 1. The molecule has 1 atom stereocenters. The van der Waals surface area contributed by atoms with Crippen molar-refractivity contribution in [2.45, 2.75) is 83.5 Å². The smallest absolute Gasteiger partial charge is 0.149 e. The van der Waals surface area contributed by atoms with Gasteiger partial charge in [-0.25, -0.2) is 0 Å². The van der Waals surface area contributed by atoms with Gasteiger partial charge in [-0.3, -0.25) is 0 Å². The molecular formula is C15H30O2Si. The molecule has 0 amide bonds. The first-order valence-electron chi connectivity index (χ1n) is 7.99. The molecular weight excluding hydrogens is 240 g/mol. The second-order valence-corrected chi connectivity index (χ2v) is 6.67.